The van der Waals surface area contributed by atoms with E-state index in [-0.39, 0.29) is 29.5 Å². The lowest BCUT2D eigenvalue weighted by atomic mass is 9.90. The molecule has 4 rings (SSSR count). The van der Waals surface area contributed by atoms with Crippen LogP contribution in [0.2, 0.25) is 0 Å². The summed E-state index contributed by atoms with van der Waals surface area (Å²) in [5.74, 6) is 0.146. The molecule has 0 radical (unpaired) electrons. The first-order valence-corrected chi connectivity index (χ1v) is 9.20. The molecule has 6 heteroatoms. The maximum Gasteiger partial charge on any atom is 0.267 e. The number of ether oxygens (including phenoxy) is 1. The Kier molecular flexibility index (Phi) is 4.39. The fourth-order valence-corrected chi connectivity index (χ4v) is 4.20. The molecule has 1 unspecified atom stereocenters. The summed E-state index contributed by atoms with van der Waals surface area (Å²) < 4.78 is 6.99. The van der Waals surface area contributed by atoms with Gasteiger partial charge in [0.2, 0.25) is 5.91 Å². The number of nitrogens with one attached hydrogen (secondary N) is 1. The zero-order valence-electron chi connectivity index (χ0n) is 14.0. The minimum atomic E-state index is 0.0173. The SMILES string of the molecule is O=C(NC1CCC(n2nc3c(cc2=O)CCC3)CC1)C1CCOC1. The van der Waals surface area contributed by atoms with Crippen molar-refractivity contribution in [2.75, 3.05) is 13.2 Å². The van der Waals surface area contributed by atoms with Crippen LogP contribution < -0.4 is 10.9 Å². The van der Waals surface area contributed by atoms with Crippen molar-refractivity contribution in [3.63, 3.8) is 0 Å². The smallest absolute Gasteiger partial charge is 0.267 e. The lowest BCUT2D eigenvalue weighted by molar-refractivity contribution is -0.125. The molecule has 0 bridgehead atoms. The highest BCUT2D eigenvalue weighted by Gasteiger charge is 2.29. The van der Waals surface area contributed by atoms with Crippen LogP contribution in [0.1, 0.15) is 55.8 Å². The zero-order chi connectivity index (χ0) is 16.5. The topological polar surface area (TPSA) is 73.2 Å². The Morgan fingerprint density at radius 2 is 2.04 bits per heavy atom. The summed E-state index contributed by atoms with van der Waals surface area (Å²) in [5, 5.41) is 7.79. The molecular weight excluding hydrogens is 306 g/mol. The average Bonchev–Trinajstić information content (AvgIpc) is 3.26. The Hall–Kier alpha value is -1.69. The Balaban J connectivity index is 1.36. The van der Waals surface area contributed by atoms with Gasteiger partial charge in [0, 0.05) is 18.7 Å². The Morgan fingerprint density at radius 3 is 2.79 bits per heavy atom. The van der Waals surface area contributed by atoms with Gasteiger partial charge in [-0.2, -0.15) is 5.10 Å². The van der Waals surface area contributed by atoms with Gasteiger partial charge in [0.05, 0.1) is 24.3 Å². The first-order valence-electron chi connectivity index (χ1n) is 9.20. The molecule has 24 heavy (non-hydrogen) atoms. The van der Waals surface area contributed by atoms with Crippen LogP contribution in [0.15, 0.2) is 10.9 Å². The van der Waals surface area contributed by atoms with Crippen LogP contribution in [0, 0.1) is 5.92 Å². The molecule has 1 aromatic rings. The van der Waals surface area contributed by atoms with Gasteiger partial charge in [0.15, 0.2) is 0 Å². The van der Waals surface area contributed by atoms with Crippen molar-refractivity contribution >= 4 is 5.91 Å². The molecule has 1 saturated carbocycles. The normalized spacial score (nSPS) is 29.4. The number of aryl methyl sites for hydroxylation is 2. The largest absolute Gasteiger partial charge is 0.381 e. The van der Waals surface area contributed by atoms with Gasteiger partial charge >= 0.3 is 0 Å². The van der Waals surface area contributed by atoms with Crippen LogP contribution in [-0.2, 0) is 22.4 Å². The fraction of sp³-hybridized carbons (Fsp3) is 0.722. The summed E-state index contributed by atoms with van der Waals surface area (Å²) >= 11 is 0. The summed E-state index contributed by atoms with van der Waals surface area (Å²) in [6.07, 6.45) is 7.54. The number of fused-ring (bicyclic) bond motifs is 1. The zero-order valence-corrected chi connectivity index (χ0v) is 14.0. The van der Waals surface area contributed by atoms with Crippen LogP contribution in [0.25, 0.3) is 0 Å². The third-order valence-corrected chi connectivity index (χ3v) is 5.67. The summed E-state index contributed by atoms with van der Waals surface area (Å²) in [5.41, 5.74) is 2.27. The van der Waals surface area contributed by atoms with Gasteiger partial charge in [0.1, 0.15) is 0 Å². The van der Waals surface area contributed by atoms with Crippen molar-refractivity contribution in [2.24, 2.45) is 5.92 Å². The highest BCUT2D eigenvalue weighted by atomic mass is 16.5. The van der Waals surface area contributed by atoms with Crippen LogP contribution in [-0.4, -0.2) is 34.9 Å². The van der Waals surface area contributed by atoms with E-state index in [0.29, 0.717) is 13.2 Å². The van der Waals surface area contributed by atoms with E-state index in [2.05, 4.69) is 10.4 Å². The van der Waals surface area contributed by atoms with Crippen molar-refractivity contribution in [3.8, 4) is 0 Å². The van der Waals surface area contributed by atoms with E-state index in [4.69, 9.17) is 4.74 Å². The molecule has 1 aliphatic heterocycles. The first kappa shape index (κ1) is 15.8. The number of hydrogen-bond donors (Lipinski definition) is 1. The predicted octanol–water partition coefficient (Wildman–Crippen LogP) is 1.37. The van der Waals surface area contributed by atoms with Crippen LogP contribution in [0.4, 0.5) is 0 Å². The summed E-state index contributed by atoms with van der Waals surface area (Å²) in [4.78, 5) is 24.5. The molecule has 2 aliphatic carbocycles. The molecule has 130 valence electrons. The van der Waals surface area contributed by atoms with E-state index >= 15 is 0 Å². The molecule has 2 fully saturated rings. The third-order valence-electron chi connectivity index (χ3n) is 5.67. The van der Waals surface area contributed by atoms with Crippen molar-refractivity contribution < 1.29 is 9.53 Å². The van der Waals surface area contributed by atoms with Crippen molar-refractivity contribution in [2.45, 2.75) is 63.5 Å². The van der Waals surface area contributed by atoms with Gasteiger partial charge in [-0.25, -0.2) is 4.68 Å². The molecule has 1 N–H and O–H groups in total. The van der Waals surface area contributed by atoms with Gasteiger partial charge in [-0.05, 0) is 56.9 Å². The van der Waals surface area contributed by atoms with Crippen molar-refractivity contribution in [1.29, 1.82) is 0 Å². The van der Waals surface area contributed by atoms with Gasteiger partial charge in [0.25, 0.3) is 5.56 Å². The van der Waals surface area contributed by atoms with E-state index in [1.54, 1.807) is 10.7 Å². The van der Waals surface area contributed by atoms with E-state index in [1.165, 1.54) is 0 Å². The summed E-state index contributed by atoms with van der Waals surface area (Å²) in [6.45, 7) is 1.24. The Labute approximate surface area is 141 Å². The van der Waals surface area contributed by atoms with Gasteiger partial charge < -0.3 is 10.1 Å². The van der Waals surface area contributed by atoms with Crippen LogP contribution in [0.5, 0.6) is 0 Å². The van der Waals surface area contributed by atoms with Gasteiger partial charge in [-0.3, -0.25) is 9.59 Å². The van der Waals surface area contributed by atoms with Crippen LogP contribution >= 0.6 is 0 Å². The molecule has 1 saturated heterocycles. The fourth-order valence-electron chi connectivity index (χ4n) is 4.20. The lowest BCUT2D eigenvalue weighted by Crippen LogP contribution is -2.42. The van der Waals surface area contributed by atoms with Gasteiger partial charge in [-0.15, -0.1) is 0 Å². The van der Waals surface area contributed by atoms with E-state index in [1.807, 2.05) is 0 Å². The Bertz CT molecular complexity index is 671. The van der Waals surface area contributed by atoms with Crippen LogP contribution in [0.3, 0.4) is 0 Å². The number of amides is 1. The molecule has 3 aliphatic rings. The predicted molar refractivity (Wildman–Crippen MR) is 88.9 cm³/mol. The molecule has 1 atom stereocenters. The number of carbonyl (C=O) groups excluding carboxylic acids is 1. The molecule has 6 nitrogen and oxygen atoms in total. The minimum absolute atomic E-state index is 0.0173. The number of nitrogens with zero attached hydrogens (tertiary/aromatic N) is 2. The second-order valence-electron chi connectivity index (χ2n) is 7.33. The quantitative estimate of drug-likeness (QED) is 0.908. The maximum atomic E-state index is 12.3. The average molecular weight is 331 g/mol. The van der Waals surface area contributed by atoms with Gasteiger partial charge in [-0.1, -0.05) is 0 Å². The van der Waals surface area contributed by atoms with E-state index in [0.717, 1.165) is 62.6 Å². The molecular formula is C18H25N3O3. The molecule has 2 heterocycles. The molecule has 1 amide bonds. The van der Waals surface area contributed by atoms with Crippen molar-refractivity contribution in [1.82, 2.24) is 15.1 Å². The number of hydrogen-bond acceptors (Lipinski definition) is 4. The van der Waals surface area contributed by atoms with Crippen molar-refractivity contribution in [3.05, 3.63) is 27.7 Å². The Morgan fingerprint density at radius 1 is 1.21 bits per heavy atom. The second kappa shape index (κ2) is 6.67. The monoisotopic (exact) mass is 331 g/mol. The minimum Gasteiger partial charge on any atom is -0.381 e. The first-order chi connectivity index (χ1) is 11.7. The number of carbonyl (C=O) groups is 1. The summed E-state index contributed by atoms with van der Waals surface area (Å²) in [7, 11) is 0. The summed E-state index contributed by atoms with van der Waals surface area (Å²) in [6, 6.07) is 2.18. The highest BCUT2D eigenvalue weighted by Crippen LogP contribution is 2.28. The van der Waals surface area contributed by atoms with E-state index < -0.39 is 0 Å². The third kappa shape index (κ3) is 3.11. The van der Waals surface area contributed by atoms with E-state index in [9.17, 15) is 9.59 Å². The number of aromatic nitrogens is 2. The number of rotatable bonds is 3. The molecule has 0 aromatic carbocycles. The lowest BCUT2D eigenvalue weighted by Gasteiger charge is -2.30. The standard InChI is InChI=1S/C18H25N3O3/c22-17-10-12-2-1-3-16(12)20-21(17)15-6-4-14(5-7-15)19-18(23)13-8-9-24-11-13/h10,13-15H,1-9,11H2,(H,19,23). The second-order valence-corrected chi connectivity index (χ2v) is 7.33. The molecule has 0 spiro atoms. The highest BCUT2D eigenvalue weighted by molar-refractivity contribution is 5.79. The molecule has 1 aromatic heterocycles. The maximum absolute atomic E-state index is 12.3.